The molecule has 0 aliphatic heterocycles. The number of nitrogens with zero attached hydrogens (tertiary/aromatic N) is 1. The van der Waals surface area contributed by atoms with Gasteiger partial charge in [0.25, 0.3) is 0 Å². The SMILES string of the molecule is C[Te]Cc1ccc([N+](=O)[O-])cc1. The Morgan fingerprint density at radius 1 is 1.42 bits per heavy atom. The van der Waals surface area contributed by atoms with Crippen LogP contribution in [0.3, 0.4) is 0 Å². The van der Waals surface area contributed by atoms with Gasteiger partial charge in [0.15, 0.2) is 0 Å². The van der Waals surface area contributed by atoms with Crippen molar-refractivity contribution >= 4 is 26.6 Å². The Bertz CT molecular complexity index is 271. The third-order valence-electron chi connectivity index (χ3n) is 1.46. The molecular formula is C8H9NO2Te. The molecule has 0 amide bonds. The molecule has 0 fully saturated rings. The Morgan fingerprint density at radius 2 is 2.00 bits per heavy atom. The zero-order chi connectivity index (χ0) is 8.97. The Kier molecular flexibility index (Phi) is 3.51. The van der Waals surface area contributed by atoms with Crippen molar-refractivity contribution in [3.63, 3.8) is 0 Å². The molecule has 0 aliphatic rings. The first kappa shape index (κ1) is 9.50. The first-order chi connectivity index (χ1) is 5.74. The van der Waals surface area contributed by atoms with Crippen LogP contribution >= 0.6 is 0 Å². The first-order valence-electron chi connectivity index (χ1n) is 3.46. The third-order valence-corrected chi connectivity index (χ3v) is 3.23. The second kappa shape index (κ2) is 4.44. The molecule has 0 saturated heterocycles. The Balaban J connectivity index is 2.78. The number of nitro groups is 1. The Morgan fingerprint density at radius 3 is 2.42 bits per heavy atom. The predicted molar refractivity (Wildman–Crippen MR) is 48.4 cm³/mol. The Hall–Kier alpha value is -0.590. The monoisotopic (exact) mass is 281 g/mol. The zero-order valence-corrected chi connectivity index (χ0v) is 9.02. The van der Waals surface area contributed by atoms with Crippen LogP contribution in [0.15, 0.2) is 24.3 Å². The summed E-state index contributed by atoms with van der Waals surface area (Å²) in [4.78, 5) is 12.1. The van der Waals surface area contributed by atoms with Gasteiger partial charge in [0, 0.05) is 0 Å². The van der Waals surface area contributed by atoms with Crippen LogP contribution in [0.1, 0.15) is 5.56 Å². The van der Waals surface area contributed by atoms with Gasteiger partial charge in [-0.1, -0.05) is 0 Å². The van der Waals surface area contributed by atoms with Gasteiger partial charge in [0.05, 0.1) is 0 Å². The molecule has 0 aliphatic carbocycles. The topological polar surface area (TPSA) is 43.1 Å². The van der Waals surface area contributed by atoms with Crippen molar-refractivity contribution in [2.75, 3.05) is 0 Å². The number of non-ortho nitro benzene ring substituents is 1. The fourth-order valence-corrected chi connectivity index (χ4v) is 2.38. The molecule has 1 aromatic rings. The molecule has 1 aromatic carbocycles. The van der Waals surface area contributed by atoms with E-state index in [9.17, 15) is 10.1 Å². The van der Waals surface area contributed by atoms with Crippen LogP contribution in [-0.2, 0) is 4.47 Å². The van der Waals surface area contributed by atoms with E-state index >= 15 is 0 Å². The van der Waals surface area contributed by atoms with Crippen LogP contribution in [0.25, 0.3) is 0 Å². The summed E-state index contributed by atoms with van der Waals surface area (Å²) in [6.07, 6.45) is 0. The molecule has 0 heterocycles. The predicted octanol–water partition coefficient (Wildman–Crippen LogP) is 1.85. The number of benzene rings is 1. The molecule has 1 rings (SSSR count). The van der Waals surface area contributed by atoms with Gasteiger partial charge in [0.2, 0.25) is 0 Å². The summed E-state index contributed by atoms with van der Waals surface area (Å²) in [5.41, 5.74) is 1.39. The molecule has 0 N–H and O–H groups in total. The molecule has 0 saturated carbocycles. The number of hydrogen-bond acceptors (Lipinski definition) is 2. The van der Waals surface area contributed by atoms with E-state index in [1.165, 1.54) is 5.56 Å². The summed E-state index contributed by atoms with van der Waals surface area (Å²) in [5, 5.41) is 10.3. The van der Waals surface area contributed by atoms with Crippen molar-refractivity contribution in [2.45, 2.75) is 9.44 Å². The van der Waals surface area contributed by atoms with Gasteiger partial charge in [-0.15, -0.1) is 0 Å². The first-order valence-corrected chi connectivity index (χ1v) is 7.44. The van der Waals surface area contributed by atoms with Crippen molar-refractivity contribution in [2.24, 2.45) is 0 Å². The maximum absolute atomic E-state index is 10.3. The van der Waals surface area contributed by atoms with E-state index in [1.807, 2.05) is 12.1 Å². The van der Waals surface area contributed by atoms with Crippen molar-refractivity contribution in [3.05, 3.63) is 39.9 Å². The van der Waals surface area contributed by atoms with Gasteiger partial charge in [-0.25, -0.2) is 0 Å². The fourth-order valence-electron chi connectivity index (χ4n) is 0.881. The molecule has 64 valence electrons. The molecule has 4 heteroatoms. The molecule has 0 radical (unpaired) electrons. The summed E-state index contributed by atoms with van der Waals surface area (Å²) in [7, 11) is 0. The van der Waals surface area contributed by atoms with Gasteiger partial charge in [-0.05, 0) is 0 Å². The van der Waals surface area contributed by atoms with Gasteiger partial charge in [-0.2, -0.15) is 0 Å². The molecule has 12 heavy (non-hydrogen) atoms. The number of nitro benzene ring substituents is 1. The minimum atomic E-state index is -0.369. The normalized spacial score (nSPS) is 9.75. The van der Waals surface area contributed by atoms with Gasteiger partial charge in [0.1, 0.15) is 0 Å². The average molecular weight is 279 g/mol. The minimum absolute atomic E-state index is 0.0816. The summed E-state index contributed by atoms with van der Waals surface area (Å²) >= 11 is 0.0816. The van der Waals surface area contributed by atoms with Crippen LogP contribution in [0.2, 0.25) is 4.97 Å². The van der Waals surface area contributed by atoms with Gasteiger partial charge >= 0.3 is 80.9 Å². The fraction of sp³-hybridized carbons (Fsp3) is 0.250. The number of rotatable bonds is 3. The average Bonchev–Trinajstić information content (AvgIpc) is 2.06. The summed E-state index contributed by atoms with van der Waals surface area (Å²) in [6.45, 7) is 0. The van der Waals surface area contributed by atoms with E-state index in [0.29, 0.717) is 0 Å². The van der Waals surface area contributed by atoms with Crippen molar-refractivity contribution in [1.29, 1.82) is 0 Å². The second-order valence-corrected chi connectivity index (χ2v) is 4.83. The van der Waals surface area contributed by atoms with Gasteiger partial charge < -0.3 is 0 Å². The standard InChI is InChI=1S/C8H9NO2Te/c1-12-6-7-2-4-8(5-3-7)9(10)11/h2-5H,6H2,1H3. The molecule has 0 spiro atoms. The quantitative estimate of drug-likeness (QED) is 0.481. The van der Waals surface area contributed by atoms with Crippen molar-refractivity contribution in [1.82, 2.24) is 0 Å². The van der Waals surface area contributed by atoms with E-state index in [4.69, 9.17) is 0 Å². The van der Waals surface area contributed by atoms with E-state index in [1.54, 1.807) is 12.1 Å². The number of hydrogen-bond donors (Lipinski definition) is 0. The van der Waals surface area contributed by atoms with E-state index < -0.39 is 0 Å². The van der Waals surface area contributed by atoms with Gasteiger partial charge in [-0.3, -0.25) is 0 Å². The zero-order valence-electron chi connectivity index (χ0n) is 6.69. The van der Waals surface area contributed by atoms with Crippen LogP contribution in [-0.4, -0.2) is 25.8 Å². The van der Waals surface area contributed by atoms with Crippen LogP contribution in [0.4, 0.5) is 5.69 Å². The summed E-state index contributed by atoms with van der Waals surface area (Å²) in [6, 6.07) is 6.81. The Labute approximate surface area is 81.0 Å². The van der Waals surface area contributed by atoms with E-state index in [-0.39, 0.29) is 31.5 Å². The second-order valence-electron chi connectivity index (χ2n) is 2.36. The molecule has 0 bridgehead atoms. The molecule has 0 aromatic heterocycles. The van der Waals surface area contributed by atoms with E-state index in [0.717, 1.165) is 4.47 Å². The molecule has 3 nitrogen and oxygen atoms in total. The maximum atomic E-state index is 10.3. The molecular weight excluding hydrogens is 270 g/mol. The van der Waals surface area contributed by atoms with Crippen molar-refractivity contribution < 1.29 is 4.92 Å². The van der Waals surface area contributed by atoms with Crippen LogP contribution in [0, 0.1) is 10.1 Å². The third kappa shape index (κ3) is 2.47. The van der Waals surface area contributed by atoms with Crippen molar-refractivity contribution in [3.8, 4) is 0 Å². The van der Waals surface area contributed by atoms with E-state index in [2.05, 4.69) is 4.97 Å². The summed E-state index contributed by atoms with van der Waals surface area (Å²) < 4.78 is 1.11. The molecule has 0 unspecified atom stereocenters. The molecule has 0 atom stereocenters. The van der Waals surface area contributed by atoms with Crippen LogP contribution in [0.5, 0.6) is 0 Å². The summed E-state index contributed by atoms with van der Waals surface area (Å²) in [5.74, 6) is 0. The van der Waals surface area contributed by atoms with Crippen LogP contribution < -0.4 is 0 Å².